The molecule has 15 heavy (non-hydrogen) atoms. The lowest BCUT2D eigenvalue weighted by atomic mass is 10.0. The molecule has 1 aliphatic carbocycles. The number of hydrogen-bond acceptors (Lipinski definition) is 3. The number of aromatic amines is 1. The Hall–Kier alpha value is -0.900. The van der Waals surface area contributed by atoms with Crippen molar-refractivity contribution < 1.29 is 0 Å². The zero-order chi connectivity index (χ0) is 10.8. The number of nitrogens with one attached hydrogen (secondary N) is 1. The molecule has 0 spiro atoms. The van der Waals surface area contributed by atoms with Gasteiger partial charge in [0.15, 0.2) is 5.82 Å². The van der Waals surface area contributed by atoms with E-state index in [0.29, 0.717) is 5.92 Å². The lowest BCUT2D eigenvalue weighted by Crippen LogP contribution is -2.23. The van der Waals surface area contributed by atoms with Crippen molar-refractivity contribution in [1.82, 2.24) is 15.2 Å². The van der Waals surface area contributed by atoms with Crippen LogP contribution in [0.1, 0.15) is 63.0 Å². The monoisotopic (exact) mass is 208 g/mol. The van der Waals surface area contributed by atoms with E-state index in [1.165, 1.54) is 25.7 Å². The highest BCUT2D eigenvalue weighted by Gasteiger charge is 2.22. The predicted octanol–water partition coefficient (Wildman–Crippen LogP) is 1.91. The fraction of sp³-hybridized carbons (Fsp3) is 0.818. The molecule has 3 N–H and O–H groups in total. The van der Waals surface area contributed by atoms with E-state index in [1.54, 1.807) is 0 Å². The van der Waals surface area contributed by atoms with Gasteiger partial charge >= 0.3 is 0 Å². The van der Waals surface area contributed by atoms with Crippen LogP contribution in [0.15, 0.2) is 0 Å². The summed E-state index contributed by atoms with van der Waals surface area (Å²) in [6.45, 7) is 4.07. The molecule has 0 aliphatic heterocycles. The van der Waals surface area contributed by atoms with Gasteiger partial charge in [-0.1, -0.05) is 19.8 Å². The average Bonchev–Trinajstić information content (AvgIpc) is 2.86. The Bertz CT molecular complexity index is 296. The van der Waals surface area contributed by atoms with Crippen LogP contribution in [0.4, 0.5) is 0 Å². The number of aromatic nitrogens is 3. The summed E-state index contributed by atoms with van der Waals surface area (Å²) in [5, 5.41) is 7.33. The van der Waals surface area contributed by atoms with Crippen LogP contribution in [0.25, 0.3) is 0 Å². The SMILES string of the molecule is CC(N)C(C)c1n[nH]c(C2CCCC2)n1. The summed E-state index contributed by atoms with van der Waals surface area (Å²) < 4.78 is 0. The molecular formula is C11H20N4. The Balaban J connectivity index is 2.09. The zero-order valence-electron chi connectivity index (χ0n) is 9.53. The minimum absolute atomic E-state index is 0.109. The molecule has 1 saturated carbocycles. The number of hydrogen-bond donors (Lipinski definition) is 2. The van der Waals surface area contributed by atoms with E-state index in [4.69, 9.17) is 5.73 Å². The van der Waals surface area contributed by atoms with Gasteiger partial charge in [0.2, 0.25) is 0 Å². The first-order chi connectivity index (χ1) is 7.18. The maximum absolute atomic E-state index is 5.84. The van der Waals surface area contributed by atoms with Gasteiger partial charge in [0.05, 0.1) is 0 Å². The van der Waals surface area contributed by atoms with E-state index in [2.05, 4.69) is 22.1 Å². The van der Waals surface area contributed by atoms with Crippen molar-refractivity contribution in [1.29, 1.82) is 0 Å². The molecule has 0 aromatic carbocycles. The van der Waals surface area contributed by atoms with Crippen molar-refractivity contribution in [2.45, 2.75) is 57.4 Å². The molecule has 84 valence electrons. The van der Waals surface area contributed by atoms with Gasteiger partial charge < -0.3 is 5.73 Å². The van der Waals surface area contributed by atoms with Gasteiger partial charge in [0.1, 0.15) is 5.82 Å². The van der Waals surface area contributed by atoms with Crippen LogP contribution in [0, 0.1) is 0 Å². The van der Waals surface area contributed by atoms with Gasteiger partial charge in [0.25, 0.3) is 0 Å². The molecule has 1 heterocycles. The topological polar surface area (TPSA) is 67.6 Å². The highest BCUT2D eigenvalue weighted by atomic mass is 15.2. The molecule has 0 bridgehead atoms. The van der Waals surface area contributed by atoms with Gasteiger partial charge in [-0.3, -0.25) is 5.10 Å². The minimum Gasteiger partial charge on any atom is -0.327 e. The van der Waals surface area contributed by atoms with Crippen LogP contribution >= 0.6 is 0 Å². The van der Waals surface area contributed by atoms with Crippen LogP contribution in [-0.4, -0.2) is 21.2 Å². The molecular weight excluding hydrogens is 188 g/mol. The second kappa shape index (κ2) is 4.31. The average molecular weight is 208 g/mol. The van der Waals surface area contributed by atoms with E-state index in [-0.39, 0.29) is 12.0 Å². The summed E-state index contributed by atoms with van der Waals surface area (Å²) in [5.41, 5.74) is 5.84. The zero-order valence-corrected chi connectivity index (χ0v) is 9.53. The Morgan fingerprint density at radius 3 is 2.60 bits per heavy atom. The molecule has 1 aromatic heterocycles. The first-order valence-corrected chi connectivity index (χ1v) is 5.86. The summed E-state index contributed by atoms with van der Waals surface area (Å²) in [7, 11) is 0. The third-order valence-corrected chi connectivity index (χ3v) is 3.46. The molecule has 2 rings (SSSR count). The third kappa shape index (κ3) is 2.20. The highest BCUT2D eigenvalue weighted by Crippen LogP contribution is 2.32. The summed E-state index contributed by atoms with van der Waals surface area (Å²) in [6, 6.07) is 0.109. The molecule has 1 aromatic rings. The molecule has 0 amide bonds. The molecule has 1 aliphatic rings. The van der Waals surface area contributed by atoms with Gasteiger partial charge in [-0.2, -0.15) is 5.10 Å². The van der Waals surface area contributed by atoms with Crippen LogP contribution in [0.2, 0.25) is 0 Å². The van der Waals surface area contributed by atoms with E-state index < -0.39 is 0 Å². The van der Waals surface area contributed by atoms with Crippen molar-refractivity contribution in [3.63, 3.8) is 0 Å². The maximum Gasteiger partial charge on any atom is 0.155 e. The Morgan fingerprint density at radius 2 is 2.00 bits per heavy atom. The minimum atomic E-state index is 0.109. The van der Waals surface area contributed by atoms with Gasteiger partial charge in [-0.25, -0.2) is 4.98 Å². The first-order valence-electron chi connectivity index (χ1n) is 5.86. The van der Waals surface area contributed by atoms with E-state index >= 15 is 0 Å². The van der Waals surface area contributed by atoms with Gasteiger partial charge in [-0.15, -0.1) is 0 Å². The smallest absolute Gasteiger partial charge is 0.155 e. The van der Waals surface area contributed by atoms with E-state index in [1.807, 2.05) is 6.92 Å². The second-order valence-electron chi connectivity index (χ2n) is 4.71. The van der Waals surface area contributed by atoms with Crippen molar-refractivity contribution >= 4 is 0 Å². The van der Waals surface area contributed by atoms with Crippen LogP contribution in [-0.2, 0) is 0 Å². The molecule has 0 saturated heterocycles. The fourth-order valence-corrected chi connectivity index (χ4v) is 2.11. The Labute approximate surface area is 90.7 Å². The van der Waals surface area contributed by atoms with Crippen molar-refractivity contribution in [2.75, 3.05) is 0 Å². The number of H-pyrrole nitrogens is 1. The summed E-state index contributed by atoms with van der Waals surface area (Å²) in [4.78, 5) is 4.57. The number of rotatable bonds is 3. The van der Waals surface area contributed by atoms with E-state index in [0.717, 1.165) is 11.6 Å². The van der Waals surface area contributed by atoms with Gasteiger partial charge in [-0.05, 0) is 19.8 Å². The fourth-order valence-electron chi connectivity index (χ4n) is 2.11. The molecule has 2 atom stereocenters. The normalized spacial score (nSPS) is 21.8. The number of nitrogens with zero attached hydrogens (tertiary/aromatic N) is 2. The predicted molar refractivity (Wildman–Crippen MR) is 59.7 cm³/mol. The Morgan fingerprint density at radius 1 is 1.33 bits per heavy atom. The molecule has 4 heteroatoms. The molecule has 4 nitrogen and oxygen atoms in total. The molecule has 1 fully saturated rings. The maximum atomic E-state index is 5.84. The molecule has 0 radical (unpaired) electrons. The first kappa shape index (κ1) is 10.6. The van der Waals surface area contributed by atoms with Crippen molar-refractivity contribution in [3.05, 3.63) is 11.6 Å². The van der Waals surface area contributed by atoms with Crippen LogP contribution < -0.4 is 5.73 Å². The van der Waals surface area contributed by atoms with Crippen molar-refractivity contribution in [2.24, 2.45) is 5.73 Å². The second-order valence-corrected chi connectivity index (χ2v) is 4.71. The number of nitrogens with two attached hydrogens (primary N) is 1. The Kier molecular flexibility index (Phi) is 3.05. The van der Waals surface area contributed by atoms with Crippen LogP contribution in [0.5, 0.6) is 0 Å². The highest BCUT2D eigenvalue weighted by molar-refractivity contribution is 5.04. The lowest BCUT2D eigenvalue weighted by Gasteiger charge is -2.10. The standard InChI is InChI=1S/C11H20N4/c1-7(8(2)12)10-13-11(15-14-10)9-5-3-4-6-9/h7-9H,3-6,12H2,1-2H3,(H,13,14,15). The van der Waals surface area contributed by atoms with Gasteiger partial charge in [0, 0.05) is 17.9 Å². The van der Waals surface area contributed by atoms with Crippen LogP contribution in [0.3, 0.4) is 0 Å². The third-order valence-electron chi connectivity index (χ3n) is 3.46. The quantitative estimate of drug-likeness (QED) is 0.797. The lowest BCUT2D eigenvalue weighted by molar-refractivity contribution is 0.582. The van der Waals surface area contributed by atoms with E-state index in [9.17, 15) is 0 Å². The summed E-state index contributed by atoms with van der Waals surface area (Å²) in [6.07, 6.45) is 5.15. The largest absolute Gasteiger partial charge is 0.327 e. The van der Waals surface area contributed by atoms with Crippen molar-refractivity contribution in [3.8, 4) is 0 Å². The molecule has 2 unspecified atom stereocenters. The summed E-state index contributed by atoms with van der Waals surface area (Å²) >= 11 is 0. The summed E-state index contributed by atoms with van der Waals surface area (Å²) in [5.74, 6) is 2.77.